The largest absolute Gasteiger partial charge is 0.496 e. The van der Waals surface area contributed by atoms with Gasteiger partial charge in [-0.3, -0.25) is 30.0 Å². The molecule has 2 aromatic heterocycles. The van der Waals surface area contributed by atoms with Crippen LogP contribution in [-0.4, -0.2) is 34.9 Å². The van der Waals surface area contributed by atoms with E-state index in [1.165, 1.54) is 62.0 Å². The molecule has 160 valence electrons. The van der Waals surface area contributed by atoms with Crippen LogP contribution in [0.25, 0.3) is 17.4 Å². The molecule has 11 heteroatoms. The molecule has 11 nitrogen and oxygen atoms in total. The van der Waals surface area contributed by atoms with Gasteiger partial charge >= 0.3 is 6.03 Å². The molecular formula is C21H14N4O7. The topological polar surface area (TPSA) is 145 Å². The molecule has 1 saturated heterocycles. The number of aromatic nitrogens is 1. The molecule has 32 heavy (non-hydrogen) atoms. The van der Waals surface area contributed by atoms with Crippen LogP contribution in [0.5, 0.6) is 5.75 Å². The van der Waals surface area contributed by atoms with Crippen LogP contribution in [0.4, 0.5) is 16.2 Å². The normalized spacial score (nSPS) is 15.1. The lowest BCUT2D eigenvalue weighted by molar-refractivity contribution is -0.384. The Morgan fingerprint density at radius 2 is 2.00 bits per heavy atom. The number of non-ortho nitro benzene ring substituents is 1. The summed E-state index contributed by atoms with van der Waals surface area (Å²) in [6, 6.07) is 9.16. The lowest BCUT2D eigenvalue weighted by Crippen LogP contribution is -2.54. The van der Waals surface area contributed by atoms with Crippen molar-refractivity contribution in [2.75, 3.05) is 12.0 Å². The van der Waals surface area contributed by atoms with Gasteiger partial charge in [-0.1, -0.05) is 0 Å². The quantitative estimate of drug-likeness (QED) is 0.279. The van der Waals surface area contributed by atoms with Crippen LogP contribution >= 0.6 is 0 Å². The van der Waals surface area contributed by atoms with E-state index in [1.807, 2.05) is 0 Å². The minimum Gasteiger partial charge on any atom is -0.496 e. The number of pyridine rings is 1. The second-order valence-electron chi connectivity index (χ2n) is 6.51. The molecule has 0 aliphatic carbocycles. The van der Waals surface area contributed by atoms with E-state index < -0.39 is 22.8 Å². The fraction of sp³-hybridized carbons (Fsp3) is 0.0476. The molecule has 1 aromatic carbocycles. The van der Waals surface area contributed by atoms with Gasteiger partial charge in [-0.2, -0.15) is 0 Å². The van der Waals surface area contributed by atoms with Crippen molar-refractivity contribution in [3.8, 4) is 17.1 Å². The van der Waals surface area contributed by atoms with E-state index in [0.717, 1.165) is 4.90 Å². The Morgan fingerprint density at radius 1 is 1.19 bits per heavy atom. The molecule has 0 unspecified atom stereocenters. The fourth-order valence-corrected chi connectivity index (χ4v) is 3.10. The first kappa shape index (κ1) is 20.5. The fourth-order valence-electron chi connectivity index (χ4n) is 3.10. The van der Waals surface area contributed by atoms with Gasteiger partial charge in [0.1, 0.15) is 22.8 Å². The van der Waals surface area contributed by atoms with Gasteiger partial charge in [0.25, 0.3) is 17.5 Å². The maximum atomic E-state index is 12.9. The highest BCUT2D eigenvalue weighted by Crippen LogP contribution is 2.35. The number of nitro groups is 1. The maximum Gasteiger partial charge on any atom is 0.336 e. The summed E-state index contributed by atoms with van der Waals surface area (Å²) in [5.41, 5.74) is 0.0118. The Kier molecular flexibility index (Phi) is 5.21. The summed E-state index contributed by atoms with van der Waals surface area (Å²) in [7, 11) is 1.41. The second kappa shape index (κ2) is 8.14. The lowest BCUT2D eigenvalue weighted by Gasteiger charge is -2.25. The standard InChI is InChI=1S/C21H14N4O7/c1-31-17-6-4-12(25(29)30)9-15(17)18-7-5-14(32-18)10-16-19(26)23-21(28)24(20(16)27)13-3-2-8-22-11-13/h2-11H,1H3,(H,23,26,28)/b16-10+. The molecule has 4 amide bonds. The molecular weight excluding hydrogens is 420 g/mol. The zero-order valence-corrected chi connectivity index (χ0v) is 16.5. The van der Waals surface area contributed by atoms with Crippen molar-refractivity contribution in [1.29, 1.82) is 0 Å². The van der Waals surface area contributed by atoms with Crippen molar-refractivity contribution in [3.05, 3.63) is 76.3 Å². The third-order valence-corrected chi connectivity index (χ3v) is 4.58. The Labute approximate surface area is 180 Å². The van der Waals surface area contributed by atoms with E-state index in [-0.39, 0.29) is 28.5 Å². The third-order valence-electron chi connectivity index (χ3n) is 4.58. The highest BCUT2D eigenvalue weighted by atomic mass is 16.6. The first-order valence-corrected chi connectivity index (χ1v) is 9.13. The minimum atomic E-state index is -0.897. The number of urea groups is 1. The number of imide groups is 2. The number of ether oxygens (including phenoxy) is 1. The van der Waals surface area contributed by atoms with Crippen molar-refractivity contribution in [3.63, 3.8) is 0 Å². The number of carbonyl (C=O) groups excluding carboxylic acids is 3. The van der Waals surface area contributed by atoms with E-state index in [1.54, 1.807) is 6.07 Å². The van der Waals surface area contributed by atoms with Gasteiger partial charge in [0, 0.05) is 18.3 Å². The van der Waals surface area contributed by atoms with E-state index in [4.69, 9.17) is 9.15 Å². The number of nitrogens with zero attached hydrogens (tertiary/aromatic N) is 3. The summed E-state index contributed by atoms with van der Waals surface area (Å²) in [6.07, 6.45) is 3.97. The van der Waals surface area contributed by atoms with E-state index >= 15 is 0 Å². The van der Waals surface area contributed by atoms with Crippen molar-refractivity contribution < 1.29 is 28.5 Å². The summed E-state index contributed by atoms with van der Waals surface area (Å²) < 4.78 is 10.9. The van der Waals surface area contributed by atoms with Gasteiger partial charge < -0.3 is 9.15 Å². The average molecular weight is 434 g/mol. The highest BCUT2D eigenvalue weighted by Gasteiger charge is 2.37. The molecule has 0 atom stereocenters. The van der Waals surface area contributed by atoms with Gasteiger partial charge in [0.15, 0.2) is 0 Å². The molecule has 1 fully saturated rings. The number of rotatable bonds is 5. The van der Waals surface area contributed by atoms with Crippen LogP contribution in [0.15, 0.2) is 64.8 Å². The zero-order valence-electron chi connectivity index (χ0n) is 16.5. The third kappa shape index (κ3) is 3.69. The Morgan fingerprint density at radius 3 is 2.69 bits per heavy atom. The van der Waals surface area contributed by atoms with Gasteiger partial charge in [0.2, 0.25) is 0 Å². The van der Waals surface area contributed by atoms with Crippen molar-refractivity contribution in [2.45, 2.75) is 0 Å². The number of nitrogens with one attached hydrogen (secondary N) is 1. The number of furan rings is 1. The van der Waals surface area contributed by atoms with E-state index in [9.17, 15) is 24.5 Å². The molecule has 0 radical (unpaired) electrons. The van der Waals surface area contributed by atoms with Crippen molar-refractivity contribution in [2.24, 2.45) is 0 Å². The summed E-state index contributed by atoms with van der Waals surface area (Å²) in [5.74, 6) is -1.05. The number of nitro benzene ring substituents is 1. The Hall–Kier alpha value is -4.80. The highest BCUT2D eigenvalue weighted by molar-refractivity contribution is 6.39. The summed E-state index contributed by atoms with van der Waals surface area (Å²) in [5, 5.41) is 13.2. The van der Waals surface area contributed by atoms with Crippen LogP contribution in [0.2, 0.25) is 0 Å². The number of benzene rings is 1. The molecule has 1 N–H and O–H groups in total. The number of hydrogen-bond donors (Lipinski definition) is 1. The van der Waals surface area contributed by atoms with Gasteiger partial charge in [-0.25, -0.2) is 9.69 Å². The number of carbonyl (C=O) groups is 3. The monoisotopic (exact) mass is 434 g/mol. The first-order valence-electron chi connectivity index (χ1n) is 9.13. The first-order chi connectivity index (χ1) is 15.4. The summed E-state index contributed by atoms with van der Waals surface area (Å²) >= 11 is 0. The predicted molar refractivity (Wildman–Crippen MR) is 111 cm³/mol. The molecule has 1 aliphatic rings. The number of hydrogen-bond acceptors (Lipinski definition) is 8. The van der Waals surface area contributed by atoms with Gasteiger partial charge in [-0.15, -0.1) is 0 Å². The molecule has 0 saturated carbocycles. The number of anilines is 1. The molecule has 4 rings (SSSR count). The minimum absolute atomic E-state index is 0.118. The predicted octanol–water partition coefficient (Wildman–Crippen LogP) is 2.92. The van der Waals surface area contributed by atoms with E-state index in [0.29, 0.717) is 11.3 Å². The number of amides is 4. The summed E-state index contributed by atoms with van der Waals surface area (Å²) in [6.45, 7) is 0. The molecule has 3 aromatic rings. The second-order valence-corrected chi connectivity index (χ2v) is 6.51. The van der Waals surface area contributed by atoms with Crippen LogP contribution in [-0.2, 0) is 9.59 Å². The number of barbiturate groups is 1. The number of methoxy groups -OCH3 is 1. The Balaban J connectivity index is 1.70. The smallest absolute Gasteiger partial charge is 0.336 e. The average Bonchev–Trinajstić information content (AvgIpc) is 3.25. The van der Waals surface area contributed by atoms with Crippen LogP contribution < -0.4 is 15.0 Å². The molecule has 3 heterocycles. The van der Waals surface area contributed by atoms with Gasteiger partial charge in [0.05, 0.1) is 29.5 Å². The van der Waals surface area contributed by atoms with E-state index in [2.05, 4.69) is 10.3 Å². The zero-order chi connectivity index (χ0) is 22.8. The molecule has 0 spiro atoms. The molecule has 1 aliphatic heterocycles. The van der Waals surface area contributed by atoms with Crippen molar-refractivity contribution in [1.82, 2.24) is 10.3 Å². The van der Waals surface area contributed by atoms with Crippen LogP contribution in [0, 0.1) is 10.1 Å². The van der Waals surface area contributed by atoms with Crippen LogP contribution in [0.3, 0.4) is 0 Å². The SMILES string of the molecule is COc1ccc([N+](=O)[O-])cc1-c1ccc(/C=C2\C(=O)NC(=O)N(c3cccnc3)C2=O)o1. The lowest BCUT2D eigenvalue weighted by atomic mass is 10.1. The Bertz CT molecular complexity index is 1280. The molecule has 0 bridgehead atoms. The van der Waals surface area contributed by atoms with Crippen LogP contribution in [0.1, 0.15) is 5.76 Å². The maximum absolute atomic E-state index is 12.9. The van der Waals surface area contributed by atoms with Gasteiger partial charge in [-0.05, 0) is 36.4 Å². The van der Waals surface area contributed by atoms with Crippen molar-refractivity contribution >= 4 is 35.3 Å². The summed E-state index contributed by atoms with van der Waals surface area (Å²) in [4.78, 5) is 52.5.